The van der Waals surface area contributed by atoms with E-state index >= 15 is 0 Å². The fourth-order valence-corrected chi connectivity index (χ4v) is 4.26. The summed E-state index contributed by atoms with van der Waals surface area (Å²) in [5.41, 5.74) is 1.65. The maximum absolute atomic E-state index is 6.35. The molecule has 4 rings (SSSR count). The van der Waals surface area contributed by atoms with Crippen LogP contribution in [0.5, 0.6) is 0 Å². The van der Waals surface area contributed by atoms with Gasteiger partial charge in [-0.15, -0.1) is 0 Å². The maximum Gasteiger partial charge on any atom is 0.199 e. The van der Waals surface area contributed by atoms with Crippen LogP contribution in [0.15, 0.2) is 48.5 Å². The van der Waals surface area contributed by atoms with Crippen molar-refractivity contribution >= 4 is 47.6 Å². The monoisotopic (exact) mass is 476 g/mol. The lowest BCUT2D eigenvalue weighted by molar-refractivity contribution is 0.670. The average Bonchev–Trinajstić information content (AvgIpc) is 3.28. The van der Waals surface area contributed by atoms with Crippen LogP contribution < -0.4 is 0 Å². The molecule has 0 saturated heterocycles. The normalized spacial score (nSPS) is 11.1. The highest BCUT2D eigenvalue weighted by Crippen LogP contribution is 2.23. The van der Waals surface area contributed by atoms with Gasteiger partial charge in [-0.1, -0.05) is 47.5 Å². The van der Waals surface area contributed by atoms with E-state index in [1.165, 1.54) is 0 Å². The Morgan fingerprint density at radius 3 is 1.50 bits per heavy atom. The number of halogens is 2. The zero-order valence-electron chi connectivity index (χ0n) is 15.8. The summed E-state index contributed by atoms with van der Waals surface area (Å²) in [6.45, 7) is 0. The van der Waals surface area contributed by atoms with Gasteiger partial charge in [0.15, 0.2) is 9.54 Å². The van der Waals surface area contributed by atoms with Gasteiger partial charge < -0.3 is 0 Å². The lowest BCUT2D eigenvalue weighted by Crippen LogP contribution is -2.05. The third kappa shape index (κ3) is 4.27. The molecule has 10 heteroatoms. The van der Waals surface area contributed by atoms with Crippen molar-refractivity contribution in [1.82, 2.24) is 29.5 Å². The highest BCUT2D eigenvalue weighted by molar-refractivity contribution is 7.71. The number of H-pyrrole nitrogens is 2. The second kappa shape index (κ2) is 9.26. The zero-order valence-corrected chi connectivity index (χ0v) is 19.0. The minimum Gasteiger partial charge on any atom is -0.271 e. The van der Waals surface area contributed by atoms with E-state index < -0.39 is 0 Å². The van der Waals surface area contributed by atoms with Crippen molar-refractivity contribution in [1.29, 1.82) is 0 Å². The molecule has 0 unspecified atom stereocenters. The second-order valence-corrected chi connectivity index (χ2v) is 8.26. The quantitative estimate of drug-likeness (QED) is 0.251. The minimum atomic E-state index is 0.526. The second-order valence-electron chi connectivity index (χ2n) is 6.67. The third-order valence-corrected chi connectivity index (χ3v) is 5.91. The van der Waals surface area contributed by atoms with Crippen LogP contribution in [-0.4, -0.2) is 29.5 Å². The SMILES string of the molecule is S=c1[nH]nc(CCCCc2n[nH]c(=S)n2-c2ccccc2Cl)n1-c1ccccc1Cl. The number of rotatable bonds is 7. The van der Waals surface area contributed by atoms with Gasteiger partial charge >= 0.3 is 0 Å². The van der Waals surface area contributed by atoms with Crippen molar-refractivity contribution < 1.29 is 0 Å². The molecule has 154 valence electrons. The predicted octanol–water partition coefficient (Wildman–Crippen LogP) is 6.05. The molecular weight excluding hydrogens is 459 g/mol. The average molecular weight is 477 g/mol. The van der Waals surface area contributed by atoms with E-state index in [-0.39, 0.29) is 0 Å². The van der Waals surface area contributed by atoms with Gasteiger partial charge in [-0.25, -0.2) is 0 Å². The highest BCUT2D eigenvalue weighted by Gasteiger charge is 2.13. The van der Waals surface area contributed by atoms with Gasteiger partial charge in [0, 0.05) is 12.8 Å². The Morgan fingerprint density at radius 1 is 0.700 bits per heavy atom. The molecule has 0 spiro atoms. The molecule has 0 aliphatic rings. The van der Waals surface area contributed by atoms with Crippen LogP contribution >= 0.6 is 47.6 Å². The number of aromatic amines is 2. The number of aromatic nitrogens is 6. The molecule has 30 heavy (non-hydrogen) atoms. The van der Waals surface area contributed by atoms with E-state index in [0.717, 1.165) is 48.7 Å². The molecule has 4 aromatic rings. The fourth-order valence-electron chi connectivity index (χ4n) is 3.32. The molecule has 0 fully saturated rings. The Labute approximate surface area is 193 Å². The molecule has 2 N–H and O–H groups in total. The van der Waals surface area contributed by atoms with Crippen LogP contribution in [0, 0.1) is 9.54 Å². The van der Waals surface area contributed by atoms with Crippen LogP contribution in [-0.2, 0) is 12.8 Å². The molecule has 0 atom stereocenters. The molecular formula is C20H18Cl2N6S2. The van der Waals surface area contributed by atoms with Crippen LogP contribution in [0.3, 0.4) is 0 Å². The summed E-state index contributed by atoms with van der Waals surface area (Å²) in [4.78, 5) is 0. The van der Waals surface area contributed by atoms with E-state index in [0.29, 0.717) is 19.6 Å². The first-order valence-corrected chi connectivity index (χ1v) is 11.0. The summed E-state index contributed by atoms with van der Waals surface area (Å²) in [7, 11) is 0. The number of hydrogen-bond acceptors (Lipinski definition) is 4. The first-order chi connectivity index (χ1) is 14.6. The molecule has 0 bridgehead atoms. The van der Waals surface area contributed by atoms with Gasteiger partial charge in [0.25, 0.3) is 0 Å². The van der Waals surface area contributed by atoms with Crippen molar-refractivity contribution in [2.45, 2.75) is 25.7 Å². The molecule has 2 heterocycles. The number of aryl methyl sites for hydroxylation is 2. The predicted molar refractivity (Wildman–Crippen MR) is 124 cm³/mol. The molecule has 0 aliphatic carbocycles. The van der Waals surface area contributed by atoms with Crippen molar-refractivity contribution in [3.8, 4) is 11.4 Å². The topological polar surface area (TPSA) is 67.2 Å². The van der Waals surface area contributed by atoms with Crippen LogP contribution in [0.2, 0.25) is 10.0 Å². The van der Waals surface area contributed by atoms with Gasteiger partial charge in [0.1, 0.15) is 11.6 Å². The van der Waals surface area contributed by atoms with Crippen LogP contribution in [0.25, 0.3) is 11.4 Å². The van der Waals surface area contributed by atoms with Gasteiger partial charge in [-0.2, -0.15) is 10.2 Å². The third-order valence-electron chi connectivity index (χ3n) is 4.72. The Balaban J connectivity index is 1.47. The van der Waals surface area contributed by atoms with Crippen molar-refractivity contribution in [3.05, 3.63) is 79.8 Å². The fraction of sp³-hybridized carbons (Fsp3) is 0.200. The Hall–Kier alpha value is -2.26. The number of hydrogen-bond donors (Lipinski definition) is 2. The molecule has 0 radical (unpaired) electrons. The first kappa shape index (κ1) is 21.0. The summed E-state index contributed by atoms with van der Waals surface area (Å²) in [6, 6.07) is 15.2. The number of unbranched alkanes of at least 4 members (excludes halogenated alkanes) is 1. The standard InChI is InChI=1S/C20H18Cl2N6S2/c21-13-7-1-3-9-15(13)27-17(23-25-19(27)29)11-5-6-12-18-24-26-20(30)28(18)16-10-4-2-8-14(16)22/h1-4,7-10H,5-6,11-12H2,(H,25,29)(H,26,30). The number of nitrogens with zero attached hydrogens (tertiary/aromatic N) is 4. The van der Waals surface area contributed by atoms with E-state index in [1.807, 2.05) is 57.7 Å². The summed E-state index contributed by atoms with van der Waals surface area (Å²) in [5, 5.41) is 15.8. The Kier molecular flexibility index (Phi) is 6.48. The van der Waals surface area contributed by atoms with E-state index in [4.69, 9.17) is 47.6 Å². The summed E-state index contributed by atoms with van der Waals surface area (Å²) >= 11 is 23.5. The Bertz CT molecular complexity index is 1190. The number of benzene rings is 2. The van der Waals surface area contributed by atoms with E-state index in [1.54, 1.807) is 0 Å². The summed E-state index contributed by atoms with van der Waals surface area (Å²) in [5.74, 6) is 1.69. The summed E-state index contributed by atoms with van der Waals surface area (Å²) in [6.07, 6.45) is 3.28. The lowest BCUT2D eigenvalue weighted by Gasteiger charge is -2.10. The van der Waals surface area contributed by atoms with Gasteiger partial charge in [-0.05, 0) is 61.5 Å². The van der Waals surface area contributed by atoms with Crippen LogP contribution in [0.4, 0.5) is 0 Å². The Morgan fingerprint density at radius 2 is 1.10 bits per heavy atom. The van der Waals surface area contributed by atoms with Crippen molar-refractivity contribution in [2.24, 2.45) is 0 Å². The minimum absolute atomic E-state index is 0.526. The highest BCUT2D eigenvalue weighted by atomic mass is 35.5. The van der Waals surface area contributed by atoms with Crippen molar-refractivity contribution in [2.75, 3.05) is 0 Å². The molecule has 2 aromatic heterocycles. The molecule has 2 aromatic carbocycles. The van der Waals surface area contributed by atoms with Gasteiger partial charge in [0.2, 0.25) is 0 Å². The van der Waals surface area contributed by atoms with Crippen molar-refractivity contribution in [3.63, 3.8) is 0 Å². The smallest absolute Gasteiger partial charge is 0.199 e. The molecule has 0 saturated carbocycles. The van der Waals surface area contributed by atoms with E-state index in [2.05, 4.69) is 20.4 Å². The zero-order chi connectivity index (χ0) is 21.1. The molecule has 6 nitrogen and oxygen atoms in total. The maximum atomic E-state index is 6.35. The summed E-state index contributed by atoms with van der Waals surface area (Å²) < 4.78 is 4.82. The number of para-hydroxylation sites is 2. The largest absolute Gasteiger partial charge is 0.271 e. The number of nitrogens with one attached hydrogen (secondary N) is 2. The lowest BCUT2D eigenvalue weighted by atomic mass is 10.1. The van der Waals surface area contributed by atoms with E-state index in [9.17, 15) is 0 Å². The molecule has 0 aliphatic heterocycles. The molecule has 0 amide bonds. The van der Waals surface area contributed by atoms with Gasteiger partial charge in [0.05, 0.1) is 21.4 Å². The van der Waals surface area contributed by atoms with Crippen LogP contribution in [0.1, 0.15) is 24.5 Å². The van der Waals surface area contributed by atoms with Gasteiger partial charge in [-0.3, -0.25) is 19.3 Å². The first-order valence-electron chi connectivity index (χ1n) is 9.38.